The van der Waals surface area contributed by atoms with Crippen molar-refractivity contribution in [2.75, 3.05) is 37.8 Å². The number of aliphatic hydroxyl groups excluding tert-OH is 1. The molecule has 5 heteroatoms. The lowest BCUT2D eigenvalue weighted by Crippen LogP contribution is -2.32. The van der Waals surface area contributed by atoms with Crippen LogP contribution in [0.4, 0.5) is 5.82 Å². The fourth-order valence-corrected chi connectivity index (χ4v) is 2.80. The number of aliphatic hydroxyl groups is 1. The summed E-state index contributed by atoms with van der Waals surface area (Å²) in [4.78, 5) is 11.1. The molecule has 5 nitrogen and oxygen atoms in total. The third-order valence-electron chi connectivity index (χ3n) is 3.75. The van der Waals surface area contributed by atoms with Crippen LogP contribution < -0.4 is 4.90 Å². The Morgan fingerprint density at radius 1 is 1.39 bits per heavy atom. The van der Waals surface area contributed by atoms with Crippen LogP contribution in [-0.4, -0.2) is 48.0 Å². The standard InChI is InChI=1S/C13H19N3O2/c17-7-10-6-16(4-5-18-8-10)13-11-2-1-3-12(11)14-9-15-13/h9-10,17H,1-8H2/t10-/m0/s1. The zero-order valence-corrected chi connectivity index (χ0v) is 10.5. The van der Waals surface area contributed by atoms with E-state index in [-0.39, 0.29) is 12.5 Å². The molecule has 1 aliphatic carbocycles. The van der Waals surface area contributed by atoms with Crippen molar-refractivity contribution in [2.45, 2.75) is 19.3 Å². The molecule has 2 heterocycles. The van der Waals surface area contributed by atoms with Gasteiger partial charge in [0, 0.05) is 36.9 Å². The number of fused-ring (bicyclic) bond motifs is 1. The van der Waals surface area contributed by atoms with Crippen LogP contribution >= 0.6 is 0 Å². The number of hydrogen-bond donors (Lipinski definition) is 1. The minimum absolute atomic E-state index is 0.170. The van der Waals surface area contributed by atoms with Crippen LogP contribution in [0.25, 0.3) is 0 Å². The second-order valence-electron chi connectivity index (χ2n) is 5.05. The van der Waals surface area contributed by atoms with E-state index in [9.17, 15) is 5.11 Å². The van der Waals surface area contributed by atoms with Gasteiger partial charge in [-0.2, -0.15) is 0 Å². The quantitative estimate of drug-likeness (QED) is 0.822. The molecule has 0 bridgehead atoms. The average Bonchev–Trinajstić information content (AvgIpc) is 2.75. The topological polar surface area (TPSA) is 58.5 Å². The first-order valence-electron chi connectivity index (χ1n) is 6.65. The summed E-state index contributed by atoms with van der Waals surface area (Å²) >= 11 is 0. The molecule has 0 spiro atoms. The molecular weight excluding hydrogens is 230 g/mol. The molecule has 0 aromatic carbocycles. The number of anilines is 1. The number of aryl methyl sites for hydroxylation is 1. The highest BCUT2D eigenvalue weighted by molar-refractivity contribution is 5.50. The molecule has 3 rings (SSSR count). The summed E-state index contributed by atoms with van der Waals surface area (Å²) in [6.45, 7) is 3.18. The van der Waals surface area contributed by atoms with Crippen LogP contribution in [0, 0.1) is 5.92 Å². The Bertz CT molecular complexity index is 425. The molecule has 1 aromatic heterocycles. The third-order valence-corrected chi connectivity index (χ3v) is 3.75. The first-order valence-corrected chi connectivity index (χ1v) is 6.65. The maximum absolute atomic E-state index is 9.33. The van der Waals surface area contributed by atoms with E-state index >= 15 is 0 Å². The van der Waals surface area contributed by atoms with Gasteiger partial charge in [-0.1, -0.05) is 0 Å². The zero-order valence-electron chi connectivity index (χ0n) is 10.5. The second-order valence-corrected chi connectivity index (χ2v) is 5.05. The molecule has 1 saturated heterocycles. The molecule has 98 valence electrons. The van der Waals surface area contributed by atoms with Gasteiger partial charge in [-0.3, -0.25) is 0 Å². The molecule has 1 aromatic rings. The Hall–Kier alpha value is -1.20. The van der Waals surface area contributed by atoms with Crippen LogP contribution in [0.3, 0.4) is 0 Å². The maximum Gasteiger partial charge on any atom is 0.135 e. The van der Waals surface area contributed by atoms with E-state index in [2.05, 4.69) is 14.9 Å². The smallest absolute Gasteiger partial charge is 0.135 e. The lowest BCUT2D eigenvalue weighted by Gasteiger charge is -2.25. The number of ether oxygens (including phenoxy) is 1. The average molecular weight is 249 g/mol. The number of nitrogens with zero attached hydrogens (tertiary/aromatic N) is 3. The lowest BCUT2D eigenvalue weighted by molar-refractivity contribution is 0.0959. The van der Waals surface area contributed by atoms with Crippen molar-refractivity contribution in [3.63, 3.8) is 0 Å². The summed E-state index contributed by atoms with van der Waals surface area (Å²) in [7, 11) is 0. The molecule has 0 saturated carbocycles. The minimum atomic E-state index is 0.170. The number of hydrogen-bond acceptors (Lipinski definition) is 5. The Morgan fingerprint density at radius 2 is 2.33 bits per heavy atom. The van der Waals surface area contributed by atoms with Crippen LogP contribution in [0.5, 0.6) is 0 Å². The Labute approximate surface area is 107 Å². The molecular formula is C13H19N3O2. The summed E-state index contributed by atoms with van der Waals surface area (Å²) in [5.74, 6) is 1.24. The molecule has 1 fully saturated rings. The van der Waals surface area contributed by atoms with Gasteiger partial charge in [0.05, 0.1) is 13.2 Å². The van der Waals surface area contributed by atoms with Crippen LogP contribution in [-0.2, 0) is 17.6 Å². The van der Waals surface area contributed by atoms with Crippen molar-refractivity contribution in [1.82, 2.24) is 9.97 Å². The minimum Gasteiger partial charge on any atom is -0.396 e. The first-order chi connectivity index (χ1) is 8.88. The Morgan fingerprint density at radius 3 is 3.22 bits per heavy atom. The number of aromatic nitrogens is 2. The van der Waals surface area contributed by atoms with Crippen molar-refractivity contribution < 1.29 is 9.84 Å². The predicted octanol–water partition coefficient (Wildman–Crippen LogP) is 0.410. The molecule has 1 atom stereocenters. The van der Waals surface area contributed by atoms with E-state index in [1.165, 1.54) is 17.7 Å². The third kappa shape index (κ3) is 2.20. The van der Waals surface area contributed by atoms with Gasteiger partial charge in [-0.25, -0.2) is 9.97 Å². The molecule has 18 heavy (non-hydrogen) atoms. The van der Waals surface area contributed by atoms with Crippen molar-refractivity contribution in [1.29, 1.82) is 0 Å². The summed E-state index contributed by atoms with van der Waals surface area (Å²) in [5.41, 5.74) is 2.50. The fraction of sp³-hybridized carbons (Fsp3) is 0.692. The number of rotatable bonds is 2. The van der Waals surface area contributed by atoms with Gasteiger partial charge in [0.25, 0.3) is 0 Å². The van der Waals surface area contributed by atoms with Crippen molar-refractivity contribution in [2.24, 2.45) is 5.92 Å². The fourth-order valence-electron chi connectivity index (χ4n) is 2.80. The SMILES string of the molecule is OC[C@H]1COCCN(c2ncnc3c2CCC3)C1. The van der Waals surface area contributed by atoms with Gasteiger partial charge < -0.3 is 14.7 Å². The maximum atomic E-state index is 9.33. The summed E-state index contributed by atoms with van der Waals surface area (Å²) in [6.07, 6.45) is 4.99. The first kappa shape index (κ1) is 11.9. The van der Waals surface area contributed by atoms with Crippen molar-refractivity contribution in [3.05, 3.63) is 17.6 Å². The molecule has 0 radical (unpaired) electrons. The Kier molecular flexibility index (Phi) is 3.43. The van der Waals surface area contributed by atoms with Crippen LogP contribution in [0.2, 0.25) is 0 Å². The van der Waals surface area contributed by atoms with Crippen LogP contribution in [0.1, 0.15) is 17.7 Å². The van der Waals surface area contributed by atoms with E-state index in [0.29, 0.717) is 13.2 Å². The highest BCUT2D eigenvalue weighted by Gasteiger charge is 2.24. The van der Waals surface area contributed by atoms with Gasteiger partial charge in [-0.05, 0) is 19.3 Å². The van der Waals surface area contributed by atoms with Gasteiger partial charge in [0.15, 0.2) is 0 Å². The van der Waals surface area contributed by atoms with E-state index in [1.54, 1.807) is 6.33 Å². The summed E-state index contributed by atoms with van der Waals surface area (Å²) < 4.78 is 5.52. The van der Waals surface area contributed by atoms with E-state index in [4.69, 9.17) is 4.74 Å². The van der Waals surface area contributed by atoms with Gasteiger partial charge in [0.2, 0.25) is 0 Å². The summed E-state index contributed by atoms with van der Waals surface area (Å²) in [5, 5.41) is 9.33. The van der Waals surface area contributed by atoms with Gasteiger partial charge in [0.1, 0.15) is 12.1 Å². The Balaban J connectivity index is 1.87. The second kappa shape index (κ2) is 5.20. The highest BCUT2D eigenvalue weighted by Crippen LogP contribution is 2.28. The lowest BCUT2D eigenvalue weighted by atomic mass is 10.1. The van der Waals surface area contributed by atoms with E-state index in [0.717, 1.165) is 31.7 Å². The largest absolute Gasteiger partial charge is 0.396 e. The molecule has 0 unspecified atom stereocenters. The van der Waals surface area contributed by atoms with E-state index < -0.39 is 0 Å². The molecule has 1 N–H and O–H groups in total. The zero-order chi connectivity index (χ0) is 12.4. The normalized spacial score (nSPS) is 23.8. The highest BCUT2D eigenvalue weighted by atomic mass is 16.5. The van der Waals surface area contributed by atoms with Gasteiger partial charge in [-0.15, -0.1) is 0 Å². The van der Waals surface area contributed by atoms with Crippen molar-refractivity contribution >= 4 is 5.82 Å². The van der Waals surface area contributed by atoms with Gasteiger partial charge >= 0.3 is 0 Å². The summed E-state index contributed by atoms with van der Waals surface area (Å²) in [6, 6.07) is 0. The van der Waals surface area contributed by atoms with Crippen LogP contribution in [0.15, 0.2) is 6.33 Å². The molecule has 0 amide bonds. The molecule has 1 aliphatic heterocycles. The van der Waals surface area contributed by atoms with Crippen molar-refractivity contribution in [3.8, 4) is 0 Å². The van der Waals surface area contributed by atoms with E-state index in [1.807, 2.05) is 0 Å². The molecule has 2 aliphatic rings. The predicted molar refractivity (Wildman–Crippen MR) is 67.7 cm³/mol. The monoisotopic (exact) mass is 249 g/mol.